The van der Waals surface area contributed by atoms with Crippen LogP contribution in [0.2, 0.25) is 0 Å². The largest absolute Gasteiger partial charge is 0.366 e. The van der Waals surface area contributed by atoms with Crippen LogP contribution >= 0.6 is 0 Å². The second-order valence-corrected chi connectivity index (χ2v) is 8.88. The normalized spacial score (nSPS) is 15.0. The van der Waals surface area contributed by atoms with Crippen LogP contribution < -0.4 is 5.32 Å². The average Bonchev–Trinajstić information content (AvgIpc) is 3.39. The van der Waals surface area contributed by atoms with E-state index in [2.05, 4.69) is 27.5 Å². The number of aryl methyl sites for hydroxylation is 1. The summed E-state index contributed by atoms with van der Waals surface area (Å²) in [5, 5.41) is 7.46. The molecule has 0 amide bonds. The summed E-state index contributed by atoms with van der Waals surface area (Å²) in [4.78, 5) is 4.53. The van der Waals surface area contributed by atoms with Gasteiger partial charge in [-0.3, -0.25) is 4.68 Å². The van der Waals surface area contributed by atoms with E-state index in [0.717, 1.165) is 29.5 Å². The van der Waals surface area contributed by atoms with Crippen molar-refractivity contribution in [3.05, 3.63) is 60.6 Å². The van der Waals surface area contributed by atoms with Gasteiger partial charge in [-0.2, -0.15) is 9.40 Å². The average molecular weight is 398 g/mol. The van der Waals surface area contributed by atoms with E-state index in [0.29, 0.717) is 25.5 Å². The first-order valence-electron chi connectivity index (χ1n) is 9.30. The van der Waals surface area contributed by atoms with Gasteiger partial charge in [0.2, 0.25) is 10.0 Å². The first-order valence-corrected chi connectivity index (χ1v) is 10.7. The molecule has 3 aromatic rings. The highest BCUT2D eigenvalue weighted by Gasteiger charge is 2.27. The molecular formula is C20H23N5O2S. The highest BCUT2D eigenvalue weighted by atomic mass is 32.2. The SMILES string of the molecule is Cn1cc(-c2cccc(CNc3ccc(S(=O)(=O)N4CCCC4)cn3)c2)cn1. The maximum Gasteiger partial charge on any atom is 0.244 e. The number of sulfonamides is 1. The standard InChI is InChI=1S/C20H23N5O2S/c1-24-15-18(13-23-24)17-6-4-5-16(11-17)12-21-20-8-7-19(14-22-20)28(26,27)25-9-2-3-10-25/h4-8,11,13-15H,2-3,9-10,12H2,1H3,(H,21,22). The number of hydrogen-bond donors (Lipinski definition) is 1. The van der Waals surface area contributed by atoms with Crippen LogP contribution in [-0.4, -0.2) is 40.6 Å². The van der Waals surface area contributed by atoms with Crippen LogP contribution in [0.25, 0.3) is 11.1 Å². The summed E-state index contributed by atoms with van der Waals surface area (Å²) in [5.74, 6) is 0.646. The molecule has 1 aromatic carbocycles. The smallest absolute Gasteiger partial charge is 0.244 e. The molecular weight excluding hydrogens is 374 g/mol. The van der Waals surface area contributed by atoms with Crippen LogP contribution in [0.1, 0.15) is 18.4 Å². The third kappa shape index (κ3) is 3.93. The monoisotopic (exact) mass is 397 g/mol. The Kier molecular flexibility index (Phi) is 5.15. The third-order valence-electron chi connectivity index (χ3n) is 4.88. The third-order valence-corrected chi connectivity index (χ3v) is 6.76. The summed E-state index contributed by atoms with van der Waals surface area (Å²) in [6.07, 6.45) is 7.10. The van der Waals surface area contributed by atoms with E-state index >= 15 is 0 Å². The van der Waals surface area contributed by atoms with Crippen molar-refractivity contribution < 1.29 is 8.42 Å². The Morgan fingerprint density at radius 1 is 1.07 bits per heavy atom. The van der Waals surface area contributed by atoms with Gasteiger partial charge < -0.3 is 5.32 Å². The molecule has 1 fully saturated rings. The molecule has 4 rings (SSSR count). The van der Waals surface area contributed by atoms with Crippen LogP contribution in [-0.2, 0) is 23.6 Å². The fourth-order valence-electron chi connectivity index (χ4n) is 3.34. The number of pyridine rings is 1. The lowest BCUT2D eigenvalue weighted by molar-refractivity contribution is 0.477. The van der Waals surface area contributed by atoms with E-state index in [4.69, 9.17) is 0 Å². The first kappa shape index (κ1) is 18.6. The molecule has 0 aliphatic carbocycles. The van der Waals surface area contributed by atoms with Gasteiger partial charge in [-0.25, -0.2) is 13.4 Å². The van der Waals surface area contributed by atoms with Gasteiger partial charge in [-0.15, -0.1) is 0 Å². The number of anilines is 1. The molecule has 0 radical (unpaired) electrons. The van der Waals surface area contributed by atoms with Crippen LogP contribution in [0.3, 0.4) is 0 Å². The van der Waals surface area contributed by atoms with Crippen molar-refractivity contribution in [3.63, 3.8) is 0 Å². The zero-order chi connectivity index (χ0) is 19.6. The molecule has 0 spiro atoms. The predicted molar refractivity (Wildman–Crippen MR) is 108 cm³/mol. The Morgan fingerprint density at radius 3 is 2.57 bits per heavy atom. The van der Waals surface area contributed by atoms with E-state index in [1.807, 2.05) is 31.6 Å². The van der Waals surface area contributed by atoms with E-state index in [1.54, 1.807) is 16.8 Å². The lowest BCUT2D eigenvalue weighted by Gasteiger charge is -2.15. The lowest BCUT2D eigenvalue weighted by Crippen LogP contribution is -2.27. The number of benzene rings is 1. The fourth-order valence-corrected chi connectivity index (χ4v) is 4.80. The highest BCUT2D eigenvalue weighted by molar-refractivity contribution is 7.89. The van der Waals surface area contributed by atoms with Crippen LogP contribution in [0.4, 0.5) is 5.82 Å². The Balaban J connectivity index is 1.43. The van der Waals surface area contributed by atoms with Crippen molar-refractivity contribution in [2.24, 2.45) is 7.05 Å². The molecule has 0 atom stereocenters. The van der Waals surface area contributed by atoms with Crippen LogP contribution in [0, 0.1) is 0 Å². The molecule has 1 N–H and O–H groups in total. The molecule has 1 saturated heterocycles. The quantitative estimate of drug-likeness (QED) is 0.692. The minimum atomic E-state index is -3.42. The van der Waals surface area contributed by atoms with E-state index in [1.165, 1.54) is 10.5 Å². The van der Waals surface area contributed by atoms with Gasteiger partial charge in [0.15, 0.2) is 0 Å². The van der Waals surface area contributed by atoms with Crippen molar-refractivity contribution in [1.82, 2.24) is 19.1 Å². The number of rotatable bonds is 6. The summed E-state index contributed by atoms with van der Waals surface area (Å²) in [7, 11) is -1.52. The minimum absolute atomic E-state index is 0.249. The second-order valence-electron chi connectivity index (χ2n) is 6.95. The zero-order valence-electron chi connectivity index (χ0n) is 15.7. The fraction of sp³-hybridized carbons (Fsp3) is 0.300. The minimum Gasteiger partial charge on any atom is -0.366 e. The molecule has 2 aromatic heterocycles. The summed E-state index contributed by atoms with van der Waals surface area (Å²) < 4.78 is 28.4. The van der Waals surface area contributed by atoms with Gasteiger partial charge in [-0.05, 0) is 42.2 Å². The number of hydrogen-bond acceptors (Lipinski definition) is 5. The summed E-state index contributed by atoms with van der Waals surface area (Å²) in [6.45, 7) is 1.78. The molecule has 1 aliphatic heterocycles. The summed E-state index contributed by atoms with van der Waals surface area (Å²) in [5.41, 5.74) is 3.28. The Bertz CT molecular complexity index is 1050. The molecule has 7 nitrogen and oxygen atoms in total. The van der Waals surface area contributed by atoms with Crippen LogP contribution in [0.15, 0.2) is 59.9 Å². The van der Waals surface area contributed by atoms with Gasteiger partial charge in [-0.1, -0.05) is 18.2 Å². The first-order chi connectivity index (χ1) is 13.5. The highest BCUT2D eigenvalue weighted by Crippen LogP contribution is 2.22. The van der Waals surface area contributed by atoms with Gasteiger partial charge in [0.05, 0.1) is 6.20 Å². The molecule has 0 unspecified atom stereocenters. The van der Waals surface area contributed by atoms with Crippen molar-refractivity contribution in [2.75, 3.05) is 18.4 Å². The molecule has 8 heteroatoms. The molecule has 0 bridgehead atoms. The van der Waals surface area contributed by atoms with E-state index in [-0.39, 0.29) is 4.90 Å². The molecule has 0 saturated carbocycles. The molecule has 146 valence electrons. The Labute approximate surface area is 165 Å². The van der Waals surface area contributed by atoms with Crippen molar-refractivity contribution in [2.45, 2.75) is 24.3 Å². The molecule has 1 aliphatic rings. The predicted octanol–water partition coefficient (Wildman–Crippen LogP) is 2.88. The van der Waals surface area contributed by atoms with Gasteiger partial charge in [0.1, 0.15) is 10.7 Å². The Hall–Kier alpha value is -2.71. The molecule has 28 heavy (non-hydrogen) atoms. The van der Waals surface area contributed by atoms with E-state index in [9.17, 15) is 8.42 Å². The van der Waals surface area contributed by atoms with Gasteiger partial charge in [0, 0.05) is 44.6 Å². The number of aromatic nitrogens is 3. The van der Waals surface area contributed by atoms with Crippen LogP contribution in [0.5, 0.6) is 0 Å². The lowest BCUT2D eigenvalue weighted by atomic mass is 10.1. The topological polar surface area (TPSA) is 80.1 Å². The maximum atomic E-state index is 12.6. The second kappa shape index (κ2) is 7.73. The van der Waals surface area contributed by atoms with Crippen molar-refractivity contribution in [1.29, 1.82) is 0 Å². The summed E-state index contributed by atoms with van der Waals surface area (Å²) >= 11 is 0. The zero-order valence-corrected chi connectivity index (χ0v) is 16.6. The van der Waals surface area contributed by atoms with E-state index < -0.39 is 10.0 Å². The summed E-state index contributed by atoms with van der Waals surface area (Å²) in [6, 6.07) is 11.5. The van der Waals surface area contributed by atoms with Crippen molar-refractivity contribution >= 4 is 15.8 Å². The number of nitrogens with zero attached hydrogens (tertiary/aromatic N) is 4. The van der Waals surface area contributed by atoms with Gasteiger partial charge in [0.25, 0.3) is 0 Å². The molecule has 3 heterocycles. The maximum absolute atomic E-state index is 12.6. The number of nitrogens with one attached hydrogen (secondary N) is 1. The van der Waals surface area contributed by atoms with Crippen molar-refractivity contribution in [3.8, 4) is 11.1 Å². The van der Waals surface area contributed by atoms with Gasteiger partial charge >= 0.3 is 0 Å². The Morgan fingerprint density at radius 2 is 1.89 bits per heavy atom.